The molecule has 0 saturated carbocycles. The maximum Gasteiger partial charge on any atom is 0.214 e. The van der Waals surface area contributed by atoms with Gasteiger partial charge in [0, 0.05) is 29.2 Å². The molecule has 0 amide bonds. The standard InChI is InChI=1S/C20H16N6O2S/c21-10-3-11-25-12-17(16-4-1-2-5-18(16)25)19(28)13-29-20-22-23-24-26(20)14-6-8-15(27)9-7-14/h1-2,4-9,12,27H,3,11,13H2. The molecule has 0 unspecified atom stereocenters. The van der Waals surface area contributed by atoms with E-state index in [4.69, 9.17) is 5.26 Å². The number of hydrogen-bond acceptors (Lipinski definition) is 7. The molecule has 0 saturated heterocycles. The lowest BCUT2D eigenvalue weighted by molar-refractivity contribution is 0.102. The molecule has 144 valence electrons. The number of phenols is 1. The summed E-state index contributed by atoms with van der Waals surface area (Å²) < 4.78 is 3.46. The number of aromatic nitrogens is 5. The van der Waals surface area contributed by atoms with Crippen molar-refractivity contribution >= 4 is 28.4 Å². The van der Waals surface area contributed by atoms with Crippen molar-refractivity contribution in [3.8, 4) is 17.5 Å². The third-order valence-electron chi connectivity index (χ3n) is 4.42. The number of nitrogens with zero attached hydrogens (tertiary/aromatic N) is 6. The quantitative estimate of drug-likeness (QED) is 0.372. The smallest absolute Gasteiger partial charge is 0.214 e. The first-order valence-corrected chi connectivity index (χ1v) is 9.84. The number of carbonyl (C=O) groups is 1. The Hall–Kier alpha value is -3.64. The number of aryl methyl sites for hydroxylation is 1. The molecule has 0 aliphatic heterocycles. The molecule has 2 heterocycles. The zero-order valence-corrected chi connectivity index (χ0v) is 16.1. The molecule has 1 N–H and O–H groups in total. The van der Waals surface area contributed by atoms with E-state index in [0.717, 1.165) is 10.9 Å². The second kappa shape index (κ2) is 8.16. The number of tetrazole rings is 1. The van der Waals surface area contributed by atoms with E-state index in [2.05, 4.69) is 21.6 Å². The van der Waals surface area contributed by atoms with E-state index in [1.807, 2.05) is 35.0 Å². The zero-order chi connectivity index (χ0) is 20.2. The van der Waals surface area contributed by atoms with Crippen LogP contribution in [0, 0.1) is 11.3 Å². The number of thioether (sulfide) groups is 1. The van der Waals surface area contributed by atoms with Gasteiger partial charge in [0.15, 0.2) is 5.78 Å². The number of Topliss-reactive ketones (excluding diaryl/α,β-unsaturated/α-hetero) is 1. The van der Waals surface area contributed by atoms with Gasteiger partial charge in [0.2, 0.25) is 5.16 Å². The van der Waals surface area contributed by atoms with Gasteiger partial charge in [-0.1, -0.05) is 30.0 Å². The Balaban J connectivity index is 1.55. The number of benzene rings is 2. The lowest BCUT2D eigenvalue weighted by atomic mass is 10.1. The Morgan fingerprint density at radius 2 is 1.97 bits per heavy atom. The van der Waals surface area contributed by atoms with Crippen molar-refractivity contribution in [2.45, 2.75) is 18.1 Å². The first-order chi connectivity index (χ1) is 14.2. The second-order valence-electron chi connectivity index (χ2n) is 6.26. The summed E-state index contributed by atoms with van der Waals surface area (Å²) in [5, 5.41) is 31.3. The zero-order valence-electron chi connectivity index (χ0n) is 15.3. The topological polar surface area (TPSA) is 110 Å². The Morgan fingerprint density at radius 1 is 1.17 bits per heavy atom. The van der Waals surface area contributed by atoms with Gasteiger partial charge in [-0.15, -0.1) is 5.10 Å². The number of para-hydroxylation sites is 1. The number of hydrogen-bond donors (Lipinski definition) is 1. The van der Waals surface area contributed by atoms with Crippen molar-refractivity contribution in [2.24, 2.45) is 0 Å². The summed E-state index contributed by atoms with van der Waals surface area (Å²) in [5.41, 5.74) is 2.25. The van der Waals surface area contributed by atoms with Crippen molar-refractivity contribution in [2.75, 3.05) is 5.75 Å². The van der Waals surface area contributed by atoms with Gasteiger partial charge in [0.1, 0.15) is 5.75 Å². The molecule has 0 atom stereocenters. The lowest BCUT2D eigenvalue weighted by Gasteiger charge is -2.04. The van der Waals surface area contributed by atoms with E-state index in [0.29, 0.717) is 29.4 Å². The van der Waals surface area contributed by atoms with Gasteiger partial charge in [0.05, 0.1) is 23.9 Å². The van der Waals surface area contributed by atoms with Crippen molar-refractivity contribution in [3.05, 3.63) is 60.3 Å². The van der Waals surface area contributed by atoms with Crippen LogP contribution in [-0.2, 0) is 6.54 Å². The van der Waals surface area contributed by atoms with Gasteiger partial charge in [-0.25, -0.2) is 0 Å². The Labute approximate surface area is 170 Å². The summed E-state index contributed by atoms with van der Waals surface area (Å²) >= 11 is 1.24. The highest BCUT2D eigenvalue weighted by molar-refractivity contribution is 7.99. The molecule has 9 heteroatoms. The fraction of sp³-hybridized carbons (Fsp3) is 0.150. The van der Waals surface area contributed by atoms with Gasteiger partial charge >= 0.3 is 0 Å². The highest BCUT2D eigenvalue weighted by atomic mass is 32.2. The third kappa shape index (κ3) is 3.83. The third-order valence-corrected chi connectivity index (χ3v) is 5.34. The van der Waals surface area contributed by atoms with E-state index in [9.17, 15) is 9.90 Å². The number of fused-ring (bicyclic) bond motifs is 1. The summed E-state index contributed by atoms with van der Waals surface area (Å²) in [6.07, 6.45) is 2.19. The molecular formula is C20H16N6O2S. The molecule has 4 rings (SSSR count). The number of nitriles is 1. The highest BCUT2D eigenvalue weighted by Gasteiger charge is 2.17. The number of rotatable bonds is 7. The Morgan fingerprint density at radius 3 is 2.76 bits per heavy atom. The second-order valence-corrected chi connectivity index (χ2v) is 7.21. The minimum atomic E-state index is -0.0397. The lowest BCUT2D eigenvalue weighted by Crippen LogP contribution is -2.05. The van der Waals surface area contributed by atoms with Crippen molar-refractivity contribution < 1.29 is 9.90 Å². The molecule has 2 aromatic heterocycles. The van der Waals surface area contributed by atoms with Gasteiger partial charge in [-0.05, 0) is 40.8 Å². The molecule has 29 heavy (non-hydrogen) atoms. The molecule has 0 aliphatic rings. The van der Waals surface area contributed by atoms with Crippen molar-refractivity contribution in [1.82, 2.24) is 24.8 Å². The van der Waals surface area contributed by atoms with Crippen LogP contribution in [0.2, 0.25) is 0 Å². The van der Waals surface area contributed by atoms with Crippen LogP contribution in [0.1, 0.15) is 16.8 Å². The van der Waals surface area contributed by atoms with E-state index in [1.54, 1.807) is 24.3 Å². The Bertz CT molecular complexity index is 1210. The number of ketones is 1. The molecule has 0 aliphatic carbocycles. The minimum absolute atomic E-state index is 0.0397. The first-order valence-electron chi connectivity index (χ1n) is 8.86. The van der Waals surface area contributed by atoms with E-state index in [-0.39, 0.29) is 17.3 Å². The van der Waals surface area contributed by atoms with Crippen LogP contribution in [0.25, 0.3) is 16.6 Å². The van der Waals surface area contributed by atoms with Crippen LogP contribution < -0.4 is 0 Å². The number of aromatic hydroxyl groups is 1. The summed E-state index contributed by atoms with van der Waals surface area (Å²) in [6, 6.07) is 16.3. The summed E-state index contributed by atoms with van der Waals surface area (Å²) in [6.45, 7) is 0.538. The van der Waals surface area contributed by atoms with E-state index < -0.39 is 0 Å². The van der Waals surface area contributed by atoms with Crippen LogP contribution in [0.3, 0.4) is 0 Å². The fourth-order valence-corrected chi connectivity index (χ4v) is 3.83. The monoisotopic (exact) mass is 404 g/mol. The van der Waals surface area contributed by atoms with Crippen molar-refractivity contribution in [1.29, 1.82) is 5.26 Å². The predicted molar refractivity (Wildman–Crippen MR) is 108 cm³/mol. The number of phenolic OH excluding ortho intramolecular Hbond substituents is 1. The largest absolute Gasteiger partial charge is 0.508 e. The van der Waals surface area contributed by atoms with Gasteiger partial charge < -0.3 is 9.67 Å². The molecule has 4 aromatic rings. The summed E-state index contributed by atoms with van der Waals surface area (Å²) in [7, 11) is 0. The van der Waals surface area contributed by atoms with E-state index >= 15 is 0 Å². The normalized spacial score (nSPS) is 10.9. The molecule has 0 spiro atoms. The predicted octanol–water partition coefficient (Wildman–Crippen LogP) is 3.21. The van der Waals surface area contributed by atoms with Crippen LogP contribution >= 0.6 is 11.8 Å². The molecule has 2 aromatic carbocycles. The molecule has 8 nitrogen and oxygen atoms in total. The average molecular weight is 404 g/mol. The van der Waals surface area contributed by atoms with Crippen LogP contribution in [0.15, 0.2) is 59.9 Å². The average Bonchev–Trinajstić information content (AvgIpc) is 3.36. The maximum atomic E-state index is 12.9. The Kier molecular flexibility index (Phi) is 5.27. The van der Waals surface area contributed by atoms with Crippen LogP contribution in [0.4, 0.5) is 0 Å². The molecule has 0 bridgehead atoms. The number of carbonyl (C=O) groups excluding carboxylic acids is 1. The maximum absolute atomic E-state index is 12.9. The van der Waals surface area contributed by atoms with Crippen LogP contribution in [0.5, 0.6) is 5.75 Å². The molecule has 0 fully saturated rings. The summed E-state index contributed by atoms with van der Waals surface area (Å²) in [5.74, 6) is 0.284. The van der Waals surface area contributed by atoms with Gasteiger partial charge in [0.25, 0.3) is 0 Å². The summed E-state index contributed by atoms with van der Waals surface area (Å²) in [4.78, 5) is 12.9. The van der Waals surface area contributed by atoms with Gasteiger partial charge in [-0.3, -0.25) is 4.79 Å². The molecular weight excluding hydrogens is 388 g/mol. The van der Waals surface area contributed by atoms with E-state index in [1.165, 1.54) is 16.4 Å². The first kappa shape index (κ1) is 18.7. The molecule has 0 radical (unpaired) electrons. The van der Waals surface area contributed by atoms with Crippen LogP contribution in [-0.4, -0.2) is 41.4 Å². The fourth-order valence-electron chi connectivity index (χ4n) is 3.06. The highest BCUT2D eigenvalue weighted by Crippen LogP contribution is 2.25. The van der Waals surface area contributed by atoms with Gasteiger partial charge in [-0.2, -0.15) is 9.94 Å². The minimum Gasteiger partial charge on any atom is -0.508 e. The van der Waals surface area contributed by atoms with Crippen molar-refractivity contribution in [3.63, 3.8) is 0 Å². The SMILES string of the molecule is N#CCCn1cc(C(=O)CSc2nnnn2-c2ccc(O)cc2)c2ccccc21.